The van der Waals surface area contributed by atoms with Crippen LogP contribution in [-0.2, 0) is 14.8 Å². The van der Waals surface area contributed by atoms with Gasteiger partial charge in [0.05, 0.1) is 35.8 Å². The van der Waals surface area contributed by atoms with Crippen molar-refractivity contribution in [2.75, 3.05) is 42.2 Å². The second-order valence-corrected chi connectivity index (χ2v) is 15.8. The van der Waals surface area contributed by atoms with Gasteiger partial charge in [0.2, 0.25) is 22.8 Å². The molecule has 2 aliphatic carbocycles. The van der Waals surface area contributed by atoms with Gasteiger partial charge < -0.3 is 18.9 Å². The van der Waals surface area contributed by atoms with Gasteiger partial charge in [-0.3, -0.25) is 4.31 Å². The molecule has 266 valence electrons. The van der Waals surface area contributed by atoms with Crippen molar-refractivity contribution in [3.05, 3.63) is 74.3 Å². The molecule has 1 atom stereocenters. The molecule has 0 saturated heterocycles. The molecule has 1 heterocycles. The number of carbonyl (C=O) groups is 1. The molecular weight excluding hydrogens is 773 g/mol. The number of anilines is 1. The van der Waals surface area contributed by atoms with E-state index in [-0.39, 0.29) is 52.4 Å². The third kappa shape index (κ3) is 10.5. The highest BCUT2D eigenvalue weighted by molar-refractivity contribution is 9.09. The third-order valence-corrected chi connectivity index (χ3v) is 10.5. The Labute approximate surface area is 302 Å². The Bertz CT molecular complexity index is 1730. The number of hydrogen-bond acceptors (Lipinski definition) is 8. The number of nitroso groups, excluding NO2 is 1. The van der Waals surface area contributed by atoms with Crippen molar-refractivity contribution in [1.29, 1.82) is 0 Å². The molecule has 49 heavy (non-hydrogen) atoms. The van der Waals surface area contributed by atoms with Crippen molar-refractivity contribution in [3.8, 4) is 17.2 Å². The van der Waals surface area contributed by atoms with Gasteiger partial charge in [-0.05, 0) is 79.8 Å². The maximum atomic E-state index is 13.8. The quantitative estimate of drug-likeness (QED) is 0.0845. The summed E-state index contributed by atoms with van der Waals surface area (Å²) in [4.78, 5) is 25.8. The van der Waals surface area contributed by atoms with Gasteiger partial charge in [-0.25, -0.2) is 13.2 Å². The van der Waals surface area contributed by atoms with Crippen molar-refractivity contribution >= 4 is 60.8 Å². The fourth-order valence-corrected chi connectivity index (χ4v) is 6.94. The summed E-state index contributed by atoms with van der Waals surface area (Å²) >= 11 is 16.2. The largest absolute Gasteiger partial charge is 0.491 e. The number of rotatable bonds is 18. The summed E-state index contributed by atoms with van der Waals surface area (Å²) in [6, 6.07) is 8.64. The zero-order valence-corrected chi connectivity index (χ0v) is 30.5. The Balaban J connectivity index is 1.49. The van der Waals surface area contributed by atoms with Gasteiger partial charge in [0.15, 0.2) is 11.5 Å². The molecule has 3 aliphatic rings. The molecule has 2 fully saturated rings. The Morgan fingerprint density at radius 2 is 1.69 bits per heavy atom. The molecule has 1 aliphatic heterocycles. The summed E-state index contributed by atoms with van der Waals surface area (Å²) < 4.78 is 76.5. The van der Waals surface area contributed by atoms with E-state index in [9.17, 15) is 26.9 Å². The number of nitrogens with zero attached hydrogens (tertiary/aromatic N) is 2. The molecule has 10 nitrogen and oxygen atoms in total. The number of halogens is 5. The summed E-state index contributed by atoms with van der Waals surface area (Å²) in [6.07, 6.45) is 5.56. The van der Waals surface area contributed by atoms with E-state index in [0.29, 0.717) is 58.4 Å². The van der Waals surface area contributed by atoms with Crippen molar-refractivity contribution in [2.45, 2.75) is 51.2 Å². The lowest BCUT2D eigenvalue weighted by molar-refractivity contribution is -0.470. The van der Waals surface area contributed by atoms with Crippen LogP contribution in [-0.4, -0.2) is 63.6 Å². The van der Waals surface area contributed by atoms with E-state index in [1.165, 1.54) is 40.7 Å². The van der Waals surface area contributed by atoms with Gasteiger partial charge in [-0.15, -0.1) is 0 Å². The predicted octanol–water partition coefficient (Wildman–Crippen LogP) is 8.07. The molecule has 2 aromatic rings. The molecule has 1 unspecified atom stereocenters. The number of ether oxygens (including phenoxy) is 4. The number of sulfonamides is 1. The fourth-order valence-electron chi connectivity index (χ4n) is 5.08. The van der Waals surface area contributed by atoms with Crippen LogP contribution in [0, 0.1) is 16.7 Å². The zero-order valence-electron chi connectivity index (χ0n) is 26.6. The van der Waals surface area contributed by atoms with E-state index in [1.807, 2.05) is 0 Å². The summed E-state index contributed by atoms with van der Waals surface area (Å²) in [5.74, 6) is -0.0626. The van der Waals surface area contributed by atoms with Crippen molar-refractivity contribution in [2.24, 2.45) is 11.8 Å². The number of hydrogen-bond donors (Lipinski definition) is 0. The first-order chi connectivity index (χ1) is 23.3. The molecule has 0 radical (unpaired) electrons. The van der Waals surface area contributed by atoms with Gasteiger partial charge >= 0.3 is 12.6 Å². The molecule has 5 rings (SSSR count). The lowest BCUT2D eigenvalue weighted by Crippen LogP contribution is -2.31. The standard InChI is InChI=1S/C33H36BrCl2F2N2O8S/c1-49(43,44)40(12-2-11-34)27-9-7-23(14-30(27)45-18-20-3-4-20)32(41)47-29(15-24-25(35)16-39(42)17-26(24)36)22-8-10-28(48-33(37)38)31(13-22)46-19-21-5-6-21/h7-10,13-14,16,20-21,29,33H,2-6,11-12,15,17-19H2,1H3/q+1. The first kappa shape index (κ1) is 37.3. The summed E-state index contributed by atoms with van der Waals surface area (Å²) in [6.45, 7) is -2.41. The smallest absolute Gasteiger partial charge is 0.387 e. The maximum Gasteiger partial charge on any atom is 0.387 e. The molecule has 2 aromatic carbocycles. The SMILES string of the molecule is CS(=O)(=O)N(CCCBr)c1ccc(C(=O)OC(CC2=C(Cl)C[N+](=O)C=C2Cl)c2ccc(OC(F)F)c(OCC3CC3)c2)cc1OCC1CC1. The third-order valence-electron chi connectivity index (χ3n) is 8.06. The summed E-state index contributed by atoms with van der Waals surface area (Å²) in [5, 5.41) is 0.786. The highest BCUT2D eigenvalue weighted by Crippen LogP contribution is 2.41. The van der Waals surface area contributed by atoms with Crippen LogP contribution in [0.25, 0.3) is 0 Å². The second-order valence-electron chi connectivity index (χ2n) is 12.2. The fraction of sp³-hybridized carbons (Fsp3) is 0.485. The Hall–Kier alpha value is -2.94. The minimum absolute atomic E-state index is 0.0475. The zero-order chi connectivity index (χ0) is 35.3. The molecule has 0 bridgehead atoms. The van der Waals surface area contributed by atoms with Gasteiger partial charge in [0.1, 0.15) is 16.9 Å². The Morgan fingerprint density at radius 1 is 1.02 bits per heavy atom. The highest BCUT2D eigenvalue weighted by atomic mass is 79.9. The molecule has 0 spiro atoms. The number of benzene rings is 2. The lowest BCUT2D eigenvalue weighted by atomic mass is 9.99. The Morgan fingerprint density at radius 3 is 2.29 bits per heavy atom. The van der Waals surface area contributed by atoms with Crippen LogP contribution in [0.1, 0.15) is 60.6 Å². The van der Waals surface area contributed by atoms with Crippen molar-refractivity contribution < 1.29 is 45.7 Å². The highest BCUT2D eigenvalue weighted by Gasteiger charge is 2.31. The number of allylic oxidation sites excluding steroid dienone is 1. The van der Waals surface area contributed by atoms with E-state index < -0.39 is 28.7 Å². The predicted molar refractivity (Wildman–Crippen MR) is 185 cm³/mol. The van der Waals surface area contributed by atoms with Crippen LogP contribution >= 0.6 is 39.1 Å². The molecule has 16 heteroatoms. The molecule has 2 saturated carbocycles. The van der Waals surface area contributed by atoms with Crippen LogP contribution in [0.3, 0.4) is 0 Å². The molecular formula is C33H36BrCl2F2N2O8S+. The molecule has 0 aromatic heterocycles. The van der Waals surface area contributed by atoms with Gasteiger partial charge in [-0.2, -0.15) is 8.78 Å². The van der Waals surface area contributed by atoms with Crippen LogP contribution in [0.15, 0.2) is 58.2 Å². The average molecular weight is 810 g/mol. The lowest BCUT2D eigenvalue weighted by Gasteiger charge is -2.25. The van der Waals surface area contributed by atoms with E-state index in [4.69, 9.17) is 37.4 Å². The first-order valence-electron chi connectivity index (χ1n) is 15.7. The van der Waals surface area contributed by atoms with Crippen LogP contribution in [0.4, 0.5) is 14.5 Å². The number of carbonyl (C=O) groups excluding carboxylic acids is 1. The van der Waals surface area contributed by atoms with E-state index in [2.05, 4.69) is 20.7 Å². The van der Waals surface area contributed by atoms with Crippen LogP contribution < -0.4 is 18.5 Å². The van der Waals surface area contributed by atoms with E-state index in [1.54, 1.807) is 0 Å². The van der Waals surface area contributed by atoms with Gasteiger partial charge in [0, 0.05) is 33.5 Å². The summed E-state index contributed by atoms with van der Waals surface area (Å²) in [5.41, 5.74) is 1.10. The van der Waals surface area contributed by atoms with Crippen molar-refractivity contribution in [1.82, 2.24) is 0 Å². The minimum atomic E-state index is -3.69. The van der Waals surface area contributed by atoms with Gasteiger partial charge in [-0.1, -0.05) is 45.2 Å². The molecule has 0 amide bonds. The number of esters is 1. The first-order valence-corrected chi connectivity index (χ1v) is 19.5. The van der Waals surface area contributed by atoms with E-state index >= 15 is 0 Å². The van der Waals surface area contributed by atoms with Crippen LogP contribution in [0.5, 0.6) is 17.2 Å². The topological polar surface area (TPSA) is 111 Å². The normalized spacial score (nSPS) is 17.1. The maximum absolute atomic E-state index is 13.8. The van der Waals surface area contributed by atoms with Gasteiger partial charge in [0.25, 0.3) is 0 Å². The molecule has 0 N–H and O–H groups in total. The Kier molecular flexibility index (Phi) is 12.5. The summed E-state index contributed by atoms with van der Waals surface area (Å²) in [7, 11) is -3.69. The minimum Gasteiger partial charge on any atom is -0.491 e. The second kappa shape index (κ2) is 16.4. The number of alkyl halides is 3. The van der Waals surface area contributed by atoms with E-state index in [0.717, 1.165) is 38.1 Å². The van der Waals surface area contributed by atoms with Crippen molar-refractivity contribution in [3.63, 3.8) is 0 Å². The van der Waals surface area contributed by atoms with Crippen LogP contribution in [0.2, 0.25) is 0 Å². The monoisotopic (exact) mass is 807 g/mol. The average Bonchev–Trinajstić information content (AvgIpc) is 3.96.